The number of nitrogens with one attached hydrogen (secondary N) is 2. The van der Waals surface area contributed by atoms with Crippen molar-refractivity contribution >= 4 is 23.0 Å². The van der Waals surface area contributed by atoms with E-state index in [1.807, 2.05) is 19.2 Å². The van der Waals surface area contributed by atoms with Gasteiger partial charge in [0.25, 0.3) is 5.69 Å². The van der Waals surface area contributed by atoms with Crippen LogP contribution in [0.1, 0.15) is 29.3 Å². The van der Waals surface area contributed by atoms with Crippen LogP contribution < -0.4 is 10.6 Å². The fourth-order valence-corrected chi connectivity index (χ4v) is 2.84. The van der Waals surface area contributed by atoms with E-state index in [2.05, 4.69) is 27.5 Å². The summed E-state index contributed by atoms with van der Waals surface area (Å²) in [5, 5.41) is 18.2. The molecule has 0 amide bonds. The molecule has 0 saturated carbocycles. The molecule has 0 aliphatic heterocycles. The van der Waals surface area contributed by atoms with Crippen molar-refractivity contribution in [2.45, 2.75) is 33.4 Å². The summed E-state index contributed by atoms with van der Waals surface area (Å²) in [7, 11) is 0. The smallest absolute Gasteiger partial charge is 0.269 e. The largest absolute Gasteiger partial charge is 0.357 e. The molecule has 0 radical (unpaired) electrons. The Kier molecular flexibility index (Phi) is 6.68. The van der Waals surface area contributed by atoms with Crippen LogP contribution in [0.3, 0.4) is 0 Å². The van der Waals surface area contributed by atoms with Crippen LogP contribution in [0, 0.1) is 10.1 Å². The zero-order chi connectivity index (χ0) is 17.4. The maximum Gasteiger partial charge on any atom is 0.269 e. The van der Waals surface area contributed by atoms with E-state index in [0.29, 0.717) is 19.0 Å². The monoisotopic (exact) mass is 347 g/mol. The molecule has 1 aromatic heterocycles. The summed E-state index contributed by atoms with van der Waals surface area (Å²) in [6.07, 6.45) is 2.88. The molecule has 2 rings (SSSR count). The van der Waals surface area contributed by atoms with E-state index in [9.17, 15) is 10.1 Å². The zero-order valence-corrected chi connectivity index (χ0v) is 14.6. The Bertz CT molecular complexity index is 714. The normalized spacial score (nSPS) is 11.3. The summed E-state index contributed by atoms with van der Waals surface area (Å²) < 4.78 is 0. The van der Waals surface area contributed by atoms with Crippen LogP contribution in [0.2, 0.25) is 0 Å². The second kappa shape index (κ2) is 8.97. The Morgan fingerprint density at radius 3 is 2.88 bits per heavy atom. The number of hydrogen-bond donors (Lipinski definition) is 2. The van der Waals surface area contributed by atoms with E-state index in [-0.39, 0.29) is 5.69 Å². The van der Waals surface area contributed by atoms with Crippen molar-refractivity contribution in [3.8, 4) is 0 Å². The number of nitro groups is 1. The van der Waals surface area contributed by atoms with E-state index in [4.69, 9.17) is 0 Å². The van der Waals surface area contributed by atoms with Crippen molar-refractivity contribution in [3.63, 3.8) is 0 Å². The third-order valence-electron chi connectivity index (χ3n) is 3.24. The molecular weight excluding hydrogens is 326 g/mol. The molecule has 0 aliphatic rings. The van der Waals surface area contributed by atoms with Gasteiger partial charge in [-0.15, -0.1) is 11.3 Å². The average Bonchev–Trinajstić information content (AvgIpc) is 3.05. The molecule has 0 fully saturated rings. The number of guanidine groups is 1. The number of hydrogen-bond acceptors (Lipinski definition) is 5. The Labute approximate surface area is 145 Å². The SMILES string of the molecule is CCNC(=NCc1cccc([N+](=O)[O-])c1)NCc1ncc(CC)s1. The Balaban J connectivity index is 1.99. The zero-order valence-electron chi connectivity index (χ0n) is 13.8. The molecular formula is C16H21N5O2S. The Morgan fingerprint density at radius 1 is 1.38 bits per heavy atom. The molecule has 1 aromatic carbocycles. The van der Waals surface area contributed by atoms with Crippen LogP contribution >= 0.6 is 11.3 Å². The Morgan fingerprint density at radius 2 is 2.21 bits per heavy atom. The van der Waals surface area contributed by atoms with Gasteiger partial charge in [0.2, 0.25) is 0 Å². The van der Waals surface area contributed by atoms with Gasteiger partial charge in [-0.1, -0.05) is 19.1 Å². The van der Waals surface area contributed by atoms with Crippen LogP contribution in [0.5, 0.6) is 0 Å². The predicted molar refractivity (Wildman–Crippen MR) is 96.2 cm³/mol. The molecule has 0 saturated heterocycles. The molecule has 0 unspecified atom stereocenters. The Hall–Kier alpha value is -2.48. The molecule has 0 atom stereocenters. The van der Waals surface area contributed by atoms with Crippen LogP contribution in [-0.4, -0.2) is 22.4 Å². The summed E-state index contributed by atoms with van der Waals surface area (Å²) in [4.78, 5) is 20.5. The maximum atomic E-state index is 10.8. The molecule has 128 valence electrons. The highest BCUT2D eigenvalue weighted by Crippen LogP contribution is 2.14. The number of nitro benzene ring substituents is 1. The maximum absolute atomic E-state index is 10.8. The minimum Gasteiger partial charge on any atom is -0.357 e. The lowest BCUT2D eigenvalue weighted by molar-refractivity contribution is -0.384. The van der Waals surface area contributed by atoms with Crippen LogP contribution in [0.4, 0.5) is 5.69 Å². The fraction of sp³-hybridized carbons (Fsp3) is 0.375. The molecule has 7 nitrogen and oxygen atoms in total. The van der Waals surface area contributed by atoms with Crippen molar-refractivity contribution in [2.24, 2.45) is 4.99 Å². The van der Waals surface area contributed by atoms with Crippen molar-refractivity contribution < 1.29 is 4.92 Å². The van der Waals surface area contributed by atoms with Gasteiger partial charge >= 0.3 is 0 Å². The second-order valence-electron chi connectivity index (χ2n) is 5.05. The van der Waals surface area contributed by atoms with Crippen molar-refractivity contribution in [2.75, 3.05) is 6.54 Å². The van der Waals surface area contributed by atoms with Crippen LogP contribution in [-0.2, 0) is 19.5 Å². The number of non-ortho nitro benzene ring substituents is 1. The van der Waals surface area contributed by atoms with Crippen molar-refractivity contribution in [1.29, 1.82) is 0 Å². The third-order valence-corrected chi connectivity index (χ3v) is 4.38. The van der Waals surface area contributed by atoms with E-state index < -0.39 is 4.92 Å². The minimum atomic E-state index is -0.398. The standard InChI is InChI=1S/C16H21N5O2S/c1-3-14-10-18-15(24-14)11-20-16(17-4-2)19-9-12-6-5-7-13(8-12)21(22)23/h5-8,10H,3-4,9,11H2,1-2H3,(H2,17,19,20). The number of aryl methyl sites for hydroxylation is 1. The van der Waals surface area contributed by atoms with Gasteiger partial charge in [0.15, 0.2) is 5.96 Å². The fourth-order valence-electron chi connectivity index (χ4n) is 2.03. The average molecular weight is 347 g/mol. The first-order valence-corrected chi connectivity index (χ1v) is 8.63. The minimum absolute atomic E-state index is 0.0792. The lowest BCUT2D eigenvalue weighted by atomic mass is 10.2. The first kappa shape index (κ1) is 17.9. The number of nitrogens with zero attached hydrogens (tertiary/aromatic N) is 3. The molecule has 2 aromatic rings. The summed E-state index contributed by atoms with van der Waals surface area (Å²) in [5.41, 5.74) is 0.875. The van der Waals surface area contributed by atoms with Gasteiger partial charge < -0.3 is 10.6 Å². The number of benzene rings is 1. The number of aromatic nitrogens is 1. The van der Waals surface area contributed by atoms with Crippen molar-refractivity contribution in [1.82, 2.24) is 15.6 Å². The van der Waals surface area contributed by atoms with Gasteiger partial charge in [-0.3, -0.25) is 10.1 Å². The number of aliphatic imine (C=N–C) groups is 1. The van der Waals surface area contributed by atoms with Gasteiger partial charge in [0.1, 0.15) is 5.01 Å². The summed E-state index contributed by atoms with van der Waals surface area (Å²) in [6.45, 7) is 5.80. The van der Waals surface area contributed by atoms with Gasteiger partial charge in [0.05, 0.1) is 18.0 Å². The lowest BCUT2D eigenvalue weighted by Gasteiger charge is -2.10. The highest BCUT2D eigenvalue weighted by molar-refractivity contribution is 7.11. The molecule has 1 heterocycles. The predicted octanol–water partition coefficient (Wildman–Crippen LogP) is 2.87. The van der Waals surface area contributed by atoms with Crippen LogP contribution in [0.15, 0.2) is 35.5 Å². The second-order valence-corrected chi connectivity index (χ2v) is 6.25. The molecule has 2 N–H and O–H groups in total. The number of rotatable bonds is 7. The molecule has 0 aliphatic carbocycles. The first-order valence-electron chi connectivity index (χ1n) is 7.81. The van der Waals surface area contributed by atoms with Gasteiger partial charge in [0, 0.05) is 29.8 Å². The first-order chi connectivity index (χ1) is 11.6. The highest BCUT2D eigenvalue weighted by atomic mass is 32.1. The summed E-state index contributed by atoms with van der Waals surface area (Å²) >= 11 is 1.68. The molecule has 8 heteroatoms. The lowest BCUT2D eigenvalue weighted by Crippen LogP contribution is -2.36. The third kappa shape index (κ3) is 5.31. The van der Waals surface area contributed by atoms with Gasteiger partial charge in [-0.2, -0.15) is 0 Å². The van der Waals surface area contributed by atoms with E-state index in [1.54, 1.807) is 23.5 Å². The van der Waals surface area contributed by atoms with Crippen molar-refractivity contribution in [3.05, 3.63) is 56.0 Å². The summed E-state index contributed by atoms with van der Waals surface area (Å²) in [5.74, 6) is 0.664. The van der Waals surface area contributed by atoms with Gasteiger partial charge in [-0.25, -0.2) is 9.98 Å². The highest BCUT2D eigenvalue weighted by Gasteiger charge is 2.06. The van der Waals surface area contributed by atoms with Crippen LogP contribution in [0.25, 0.3) is 0 Å². The molecule has 0 bridgehead atoms. The topological polar surface area (TPSA) is 92.5 Å². The quantitative estimate of drug-likeness (QED) is 0.348. The van der Waals surface area contributed by atoms with E-state index in [1.165, 1.54) is 10.9 Å². The molecule has 0 spiro atoms. The molecule has 24 heavy (non-hydrogen) atoms. The van der Waals surface area contributed by atoms with E-state index in [0.717, 1.165) is 23.5 Å². The van der Waals surface area contributed by atoms with E-state index >= 15 is 0 Å². The number of thiazole rings is 1. The van der Waals surface area contributed by atoms with Gasteiger partial charge in [-0.05, 0) is 18.9 Å². The summed E-state index contributed by atoms with van der Waals surface area (Å²) in [6, 6.07) is 6.52.